The molecule has 0 saturated carbocycles. The maximum atomic E-state index is 12.7. The molecule has 10 heteroatoms. The molecule has 5 aromatic rings. The number of nitro groups is 1. The van der Waals surface area contributed by atoms with E-state index in [0.29, 0.717) is 28.4 Å². The molecule has 0 aliphatic carbocycles. The molecular formula is C23H16N6O3S. The molecule has 162 valence electrons. The van der Waals surface area contributed by atoms with Crippen molar-refractivity contribution >= 4 is 34.3 Å². The Morgan fingerprint density at radius 1 is 1.06 bits per heavy atom. The van der Waals surface area contributed by atoms with Gasteiger partial charge in [-0.25, -0.2) is 0 Å². The van der Waals surface area contributed by atoms with Crippen molar-refractivity contribution in [1.82, 2.24) is 19.8 Å². The summed E-state index contributed by atoms with van der Waals surface area (Å²) >= 11 is 1.55. The van der Waals surface area contributed by atoms with Crippen molar-refractivity contribution in [3.8, 4) is 22.0 Å². The topological polar surface area (TPSA) is 115 Å². The zero-order chi connectivity index (χ0) is 22.9. The van der Waals surface area contributed by atoms with Crippen molar-refractivity contribution < 1.29 is 9.72 Å². The predicted octanol–water partition coefficient (Wildman–Crippen LogP) is 4.99. The van der Waals surface area contributed by atoms with Gasteiger partial charge in [-0.05, 0) is 48.7 Å². The highest BCUT2D eigenvalue weighted by Gasteiger charge is 2.16. The molecule has 0 unspecified atom stereocenters. The highest BCUT2D eigenvalue weighted by molar-refractivity contribution is 7.13. The van der Waals surface area contributed by atoms with Crippen molar-refractivity contribution in [3.05, 3.63) is 93.4 Å². The predicted molar refractivity (Wildman–Crippen MR) is 125 cm³/mol. The van der Waals surface area contributed by atoms with Gasteiger partial charge in [0.25, 0.3) is 11.6 Å². The summed E-state index contributed by atoms with van der Waals surface area (Å²) < 4.78 is 1.69. The van der Waals surface area contributed by atoms with E-state index >= 15 is 0 Å². The summed E-state index contributed by atoms with van der Waals surface area (Å²) in [7, 11) is 0. The Hall–Kier alpha value is -4.44. The molecule has 0 saturated heterocycles. The first-order valence-electron chi connectivity index (χ1n) is 9.93. The van der Waals surface area contributed by atoms with E-state index in [0.717, 1.165) is 10.4 Å². The number of hydrogen-bond acceptors (Lipinski definition) is 7. The summed E-state index contributed by atoms with van der Waals surface area (Å²) in [5, 5.41) is 29.1. The molecule has 3 aromatic heterocycles. The standard InChI is InChI=1S/C23H16N6O3S/c1-14-7-8-16(13-19(14)29(31)32)23(30)24-17-5-2-4-15(12-17)18-9-10-21-25-26-22(28(21)27-18)20-6-3-11-33-20/h2-13H,1H3,(H,24,30). The van der Waals surface area contributed by atoms with Crippen LogP contribution >= 0.6 is 11.3 Å². The lowest BCUT2D eigenvalue weighted by atomic mass is 10.1. The monoisotopic (exact) mass is 456 g/mol. The van der Waals surface area contributed by atoms with Crippen molar-refractivity contribution in [2.75, 3.05) is 5.32 Å². The molecule has 0 bridgehead atoms. The average molecular weight is 456 g/mol. The number of thiophene rings is 1. The number of hydrogen-bond donors (Lipinski definition) is 1. The van der Waals surface area contributed by atoms with Gasteiger partial charge in [0.15, 0.2) is 11.5 Å². The van der Waals surface area contributed by atoms with Gasteiger partial charge in [0.2, 0.25) is 0 Å². The Morgan fingerprint density at radius 2 is 1.94 bits per heavy atom. The lowest BCUT2D eigenvalue weighted by Crippen LogP contribution is -2.12. The van der Waals surface area contributed by atoms with E-state index in [1.54, 1.807) is 53.1 Å². The van der Waals surface area contributed by atoms with Crippen molar-refractivity contribution in [2.24, 2.45) is 0 Å². The number of carbonyl (C=O) groups is 1. The summed E-state index contributed by atoms with van der Waals surface area (Å²) in [6.07, 6.45) is 0. The Labute approximate surface area is 191 Å². The smallest absolute Gasteiger partial charge is 0.273 e. The molecule has 0 radical (unpaired) electrons. The molecule has 0 aliphatic heterocycles. The number of nitro benzene ring substituents is 1. The van der Waals surface area contributed by atoms with Crippen LogP contribution in [0.1, 0.15) is 15.9 Å². The van der Waals surface area contributed by atoms with E-state index in [1.165, 1.54) is 6.07 Å². The van der Waals surface area contributed by atoms with Crippen LogP contribution in [0.4, 0.5) is 11.4 Å². The quantitative estimate of drug-likeness (QED) is 0.294. The van der Waals surface area contributed by atoms with Gasteiger partial charge in [-0.3, -0.25) is 14.9 Å². The van der Waals surface area contributed by atoms with E-state index in [2.05, 4.69) is 15.5 Å². The largest absolute Gasteiger partial charge is 0.322 e. The van der Waals surface area contributed by atoms with Crippen LogP contribution in [0.15, 0.2) is 72.1 Å². The number of aromatic nitrogens is 4. The second-order valence-corrected chi connectivity index (χ2v) is 8.23. The second kappa shape index (κ2) is 8.24. The van der Waals surface area contributed by atoms with Crippen LogP contribution in [0.25, 0.3) is 27.6 Å². The number of benzene rings is 2. The third kappa shape index (κ3) is 3.94. The molecule has 5 rings (SSSR count). The van der Waals surface area contributed by atoms with E-state index in [-0.39, 0.29) is 11.3 Å². The molecule has 0 aliphatic rings. The first-order chi connectivity index (χ1) is 16.0. The number of fused-ring (bicyclic) bond motifs is 1. The van der Waals surface area contributed by atoms with E-state index in [4.69, 9.17) is 5.10 Å². The number of nitrogens with zero attached hydrogens (tertiary/aromatic N) is 5. The van der Waals surface area contributed by atoms with Crippen molar-refractivity contribution in [1.29, 1.82) is 0 Å². The number of carbonyl (C=O) groups excluding carboxylic acids is 1. The molecule has 0 fully saturated rings. The van der Waals surface area contributed by atoms with Crippen LogP contribution in [0, 0.1) is 17.0 Å². The van der Waals surface area contributed by atoms with Gasteiger partial charge in [0.1, 0.15) is 0 Å². The number of aryl methyl sites for hydroxylation is 1. The maximum absolute atomic E-state index is 12.7. The number of amides is 1. The van der Waals surface area contributed by atoms with E-state index < -0.39 is 10.8 Å². The van der Waals surface area contributed by atoms with Gasteiger partial charge < -0.3 is 5.32 Å². The third-order valence-corrected chi connectivity index (χ3v) is 5.95. The Kier molecular flexibility index (Phi) is 5.11. The van der Waals surface area contributed by atoms with E-state index in [1.807, 2.05) is 35.7 Å². The average Bonchev–Trinajstić information content (AvgIpc) is 3.48. The number of rotatable bonds is 5. The molecule has 2 aromatic carbocycles. The molecule has 33 heavy (non-hydrogen) atoms. The maximum Gasteiger partial charge on any atom is 0.273 e. The van der Waals surface area contributed by atoms with Gasteiger partial charge in [-0.15, -0.1) is 21.5 Å². The fraction of sp³-hybridized carbons (Fsp3) is 0.0435. The van der Waals surface area contributed by atoms with Crippen LogP contribution in [-0.2, 0) is 0 Å². The number of nitrogens with one attached hydrogen (secondary N) is 1. The molecular weight excluding hydrogens is 440 g/mol. The second-order valence-electron chi connectivity index (χ2n) is 7.28. The Morgan fingerprint density at radius 3 is 2.73 bits per heavy atom. The van der Waals surface area contributed by atoms with Crippen molar-refractivity contribution in [3.63, 3.8) is 0 Å². The van der Waals surface area contributed by atoms with Crippen LogP contribution in [0.3, 0.4) is 0 Å². The van der Waals surface area contributed by atoms with Crippen molar-refractivity contribution in [2.45, 2.75) is 6.92 Å². The van der Waals surface area contributed by atoms with Gasteiger partial charge in [-0.2, -0.15) is 9.61 Å². The van der Waals surface area contributed by atoms with Crippen LogP contribution in [0.5, 0.6) is 0 Å². The number of anilines is 1. The Bertz CT molecular complexity index is 1510. The molecule has 9 nitrogen and oxygen atoms in total. The fourth-order valence-electron chi connectivity index (χ4n) is 3.41. The van der Waals surface area contributed by atoms with E-state index in [9.17, 15) is 14.9 Å². The first kappa shape index (κ1) is 20.5. The minimum atomic E-state index is -0.496. The lowest BCUT2D eigenvalue weighted by molar-refractivity contribution is -0.385. The summed E-state index contributed by atoms with van der Waals surface area (Å²) in [6.45, 7) is 1.63. The molecule has 0 spiro atoms. The SMILES string of the molecule is Cc1ccc(C(=O)Nc2cccc(-c3ccc4nnc(-c5cccs5)n4n3)c2)cc1[N+](=O)[O-]. The zero-order valence-electron chi connectivity index (χ0n) is 17.3. The zero-order valence-corrected chi connectivity index (χ0v) is 18.1. The van der Waals surface area contributed by atoms with Crippen LogP contribution < -0.4 is 5.32 Å². The summed E-state index contributed by atoms with van der Waals surface area (Å²) in [5.74, 6) is 0.227. The highest BCUT2D eigenvalue weighted by Crippen LogP contribution is 2.26. The first-order valence-corrected chi connectivity index (χ1v) is 10.8. The van der Waals surface area contributed by atoms with Gasteiger partial charge >= 0.3 is 0 Å². The molecule has 0 atom stereocenters. The summed E-state index contributed by atoms with van der Waals surface area (Å²) in [5.41, 5.74) is 3.26. The normalized spacial score (nSPS) is 10.9. The minimum absolute atomic E-state index is 0.0932. The molecule has 1 amide bonds. The van der Waals surface area contributed by atoms with Crippen LogP contribution in [-0.4, -0.2) is 30.6 Å². The van der Waals surface area contributed by atoms with Gasteiger partial charge in [0, 0.05) is 28.4 Å². The van der Waals surface area contributed by atoms with Crippen LogP contribution in [0.2, 0.25) is 0 Å². The van der Waals surface area contributed by atoms with Gasteiger partial charge in [-0.1, -0.05) is 24.3 Å². The minimum Gasteiger partial charge on any atom is -0.322 e. The molecule has 1 N–H and O–H groups in total. The highest BCUT2D eigenvalue weighted by atomic mass is 32.1. The summed E-state index contributed by atoms with van der Waals surface area (Å²) in [6, 6.07) is 19.2. The van der Waals surface area contributed by atoms with Gasteiger partial charge in [0.05, 0.1) is 15.5 Å². The molecule has 3 heterocycles. The fourth-order valence-corrected chi connectivity index (χ4v) is 4.10. The Balaban J connectivity index is 1.44. The summed E-state index contributed by atoms with van der Waals surface area (Å²) in [4.78, 5) is 24.3. The third-order valence-electron chi connectivity index (χ3n) is 5.09. The lowest BCUT2D eigenvalue weighted by Gasteiger charge is -2.08.